The third-order valence-electron chi connectivity index (χ3n) is 8.76. The first-order valence-electron chi connectivity index (χ1n) is 13.5. The molecule has 1 spiro atoms. The van der Waals surface area contributed by atoms with E-state index in [0.29, 0.717) is 16.8 Å². The molecule has 0 saturated carbocycles. The number of benzene rings is 3. The summed E-state index contributed by atoms with van der Waals surface area (Å²) >= 11 is 0. The van der Waals surface area contributed by atoms with Crippen molar-refractivity contribution in [1.82, 2.24) is 4.98 Å². The third-order valence-corrected chi connectivity index (χ3v) is 8.76. The highest BCUT2D eigenvalue weighted by Crippen LogP contribution is 2.58. The molecule has 42 heavy (non-hydrogen) atoms. The van der Waals surface area contributed by atoms with Crippen molar-refractivity contribution >= 4 is 40.1 Å². The number of nitro benzene ring substituents is 1. The van der Waals surface area contributed by atoms with Crippen molar-refractivity contribution in [2.75, 3.05) is 10.2 Å². The molecule has 0 aliphatic carbocycles. The van der Waals surface area contributed by atoms with Gasteiger partial charge in [-0.3, -0.25) is 29.5 Å². The van der Waals surface area contributed by atoms with Gasteiger partial charge in [-0.15, -0.1) is 0 Å². The van der Waals surface area contributed by atoms with Crippen molar-refractivity contribution in [2.45, 2.75) is 24.4 Å². The van der Waals surface area contributed by atoms with E-state index in [1.54, 1.807) is 18.2 Å². The zero-order chi connectivity index (χ0) is 29.2. The molecule has 9 heteroatoms. The lowest BCUT2D eigenvalue weighted by atomic mass is 9.64. The number of hydrogen-bond donors (Lipinski definition) is 1. The maximum Gasteiger partial charge on any atom is 0.269 e. The van der Waals surface area contributed by atoms with E-state index < -0.39 is 34.1 Å². The lowest BCUT2D eigenvalue weighted by molar-refractivity contribution is -0.384. The fraction of sp³-hybridized carbons (Fsp3) is 0.152. The van der Waals surface area contributed by atoms with Crippen LogP contribution in [0.15, 0.2) is 103 Å². The number of carbonyl (C=O) groups is 3. The number of amides is 1. The highest BCUT2D eigenvalue weighted by Gasteiger charge is 2.70. The van der Waals surface area contributed by atoms with Gasteiger partial charge in [0.05, 0.1) is 16.9 Å². The number of pyridine rings is 1. The van der Waals surface area contributed by atoms with E-state index in [0.717, 1.165) is 16.8 Å². The molecule has 4 aromatic rings. The summed E-state index contributed by atoms with van der Waals surface area (Å²) in [5.74, 6) is -2.25. The van der Waals surface area contributed by atoms with Crippen molar-refractivity contribution in [1.29, 1.82) is 0 Å². The van der Waals surface area contributed by atoms with E-state index in [4.69, 9.17) is 0 Å². The lowest BCUT2D eigenvalue weighted by Crippen LogP contribution is -2.51. The number of Topliss-reactive ketones (excluding diaryl/α,β-unsaturated/α-hetero) is 2. The smallest absolute Gasteiger partial charge is 0.269 e. The number of non-ortho nitro benzene ring substituents is 1. The third kappa shape index (κ3) is 3.43. The van der Waals surface area contributed by atoms with Crippen LogP contribution in [0.4, 0.5) is 17.1 Å². The molecular formula is C33H24N4O5. The van der Waals surface area contributed by atoms with E-state index in [1.807, 2.05) is 60.4 Å². The van der Waals surface area contributed by atoms with Crippen molar-refractivity contribution in [3.8, 4) is 0 Å². The van der Waals surface area contributed by atoms with Gasteiger partial charge in [0.1, 0.15) is 11.5 Å². The van der Waals surface area contributed by atoms with Crippen LogP contribution in [-0.2, 0) is 10.2 Å². The highest BCUT2D eigenvalue weighted by molar-refractivity contribution is 6.18. The Morgan fingerprint density at radius 2 is 1.57 bits per heavy atom. The first-order chi connectivity index (χ1) is 20.3. The van der Waals surface area contributed by atoms with E-state index in [9.17, 15) is 24.5 Å². The Balaban J connectivity index is 1.53. The van der Waals surface area contributed by atoms with Gasteiger partial charge in [-0.2, -0.15) is 0 Å². The topological polar surface area (TPSA) is 123 Å². The Morgan fingerprint density at radius 1 is 0.905 bits per heavy atom. The van der Waals surface area contributed by atoms with Gasteiger partial charge in [0, 0.05) is 52.6 Å². The van der Waals surface area contributed by atoms with Crippen molar-refractivity contribution in [3.63, 3.8) is 0 Å². The molecule has 0 unspecified atom stereocenters. The number of rotatable bonds is 5. The molecule has 4 atom stereocenters. The number of para-hydroxylation sites is 2. The second-order valence-corrected chi connectivity index (χ2v) is 10.8. The molecule has 1 amide bonds. The number of nitrogens with one attached hydrogen (secondary N) is 1. The second kappa shape index (κ2) is 9.31. The Hall–Kier alpha value is -5.44. The normalized spacial score (nSPS) is 23.5. The summed E-state index contributed by atoms with van der Waals surface area (Å²) in [6.07, 6.45) is 5.01. The van der Waals surface area contributed by atoms with Gasteiger partial charge in [-0.05, 0) is 54.5 Å². The van der Waals surface area contributed by atoms with Crippen LogP contribution < -0.4 is 10.2 Å². The molecule has 0 bridgehead atoms. The van der Waals surface area contributed by atoms with E-state index in [2.05, 4.69) is 10.3 Å². The summed E-state index contributed by atoms with van der Waals surface area (Å²) in [6.45, 7) is 1.97. The zero-order valence-electron chi connectivity index (χ0n) is 22.4. The van der Waals surface area contributed by atoms with Crippen LogP contribution in [0.3, 0.4) is 0 Å². The number of allylic oxidation sites excluding steroid dienone is 1. The van der Waals surface area contributed by atoms with E-state index >= 15 is 0 Å². The van der Waals surface area contributed by atoms with Gasteiger partial charge in [0.2, 0.25) is 5.91 Å². The number of ketones is 2. The molecule has 0 radical (unpaired) electrons. The molecule has 7 rings (SSSR count). The number of aromatic nitrogens is 1. The summed E-state index contributed by atoms with van der Waals surface area (Å²) in [4.78, 5) is 60.5. The number of nitro groups is 1. The average Bonchev–Trinajstić information content (AvgIpc) is 3.49. The lowest BCUT2D eigenvalue weighted by Gasteiger charge is -2.39. The molecule has 1 N–H and O–H groups in total. The molecule has 3 aromatic carbocycles. The van der Waals surface area contributed by atoms with Gasteiger partial charge in [0.25, 0.3) is 5.69 Å². The summed E-state index contributed by atoms with van der Waals surface area (Å²) in [6, 6.07) is 21.7. The Kier molecular flexibility index (Phi) is 5.65. The number of hydrogen-bond acceptors (Lipinski definition) is 7. The van der Waals surface area contributed by atoms with Gasteiger partial charge < -0.3 is 10.2 Å². The predicted molar refractivity (Wildman–Crippen MR) is 156 cm³/mol. The summed E-state index contributed by atoms with van der Waals surface area (Å²) in [7, 11) is 0. The fourth-order valence-corrected chi connectivity index (χ4v) is 7.00. The highest BCUT2D eigenvalue weighted by atomic mass is 16.6. The van der Waals surface area contributed by atoms with E-state index in [-0.39, 0.29) is 22.9 Å². The van der Waals surface area contributed by atoms with Crippen LogP contribution in [0, 0.1) is 16.0 Å². The summed E-state index contributed by atoms with van der Waals surface area (Å²) in [5, 5.41) is 14.3. The zero-order valence-corrected chi connectivity index (χ0v) is 22.4. The van der Waals surface area contributed by atoms with Crippen LogP contribution >= 0.6 is 0 Å². The first-order valence-corrected chi connectivity index (χ1v) is 13.5. The maximum atomic E-state index is 14.7. The van der Waals surface area contributed by atoms with E-state index in [1.165, 1.54) is 36.7 Å². The Bertz CT molecular complexity index is 1830. The van der Waals surface area contributed by atoms with Crippen molar-refractivity contribution in [3.05, 3.63) is 136 Å². The summed E-state index contributed by atoms with van der Waals surface area (Å²) < 4.78 is 0. The van der Waals surface area contributed by atoms with Crippen LogP contribution in [0.25, 0.3) is 5.57 Å². The fourth-order valence-electron chi connectivity index (χ4n) is 7.00. The Labute approximate surface area is 240 Å². The molecule has 1 aromatic heterocycles. The number of fused-ring (bicyclic) bond motifs is 6. The van der Waals surface area contributed by atoms with Crippen LogP contribution in [0.2, 0.25) is 0 Å². The first kappa shape index (κ1) is 25.5. The number of carbonyl (C=O) groups excluding carboxylic acids is 3. The molecule has 206 valence electrons. The minimum atomic E-state index is -1.44. The van der Waals surface area contributed by atoms with Gasteiger partial charge >= 0.3 is 0 Å². The Morgan fingerprint density at radius 3 is 2.31 bits per heavy atom. The summed E-state index contributed by atoms with van der Waals surface area (Å²) in [5.41, 5.74) is 2.78. The van der Waals surface area contributed by atoms with Crippen molar-refractivity contribution < 1.29 is 19.3 Å². The van der Waals surface area contributed by atoms with Crippen molar-refractivity contribution in [2.24, 2.45) is 5.92 Å². The number of nitrogens with zero attached hydrogens (tertiary/aromatic N) is 3. The molecule has 3 aliphatic rings. The largest absolute Gasteiger partial charge is 0.352 e. The average molecular weight is 557 g/mol. The molecular weight excluding hydrogens is 532 g/mol. The molecule has 1 saturated heterocycles. The maximum absolute atomic E-state index is 14.7. The molecule has 1 fully saturated rings. The van der Waals surface area contributed by atoms with Gasteiger partial charge in [0.15, 0.2) is 11.6 Å². The predicted octanol–water partition coefficient (Wildman–Crippen LogP) is 5.24. The molecule has 3 aliphatic heterocycles. The minimum absolute atomic E-state index is 0.150. The standard InChI is InChI=1S/C33H24N4O5/c1-19-18-27-33(24-7-3-4-8-25(24)35-32(33)40)28(30(38)21-14-16-34-17-15-21)29(36(27)26-9-5-2-6-23(19)26)31(39)20-10-12-22(13-11-20)37(41)42/h2-18,27-29H,1H3,(H,35,40)/t27-,28-,29-,33+/m0/s1. The molecule has 9 nitrogen and oxygen atoms in total. The van der Waals surface area contributed by atoms with Crippen LogP contribution in [0.1, 0.15) is 38.8 Å². The van der Waals surface area contributed by atoms with Crippen LogP contribution in [-0.4, -0.2) is 39.5 Å². The quantitative estimate of drug-likeness (QED) is 0.203. The van der Waals surface area contributed by atoms with Crippen LogP contribution in [0.5, 0.6) is 0 Å². The molecule has 4 heterocycles. The monoisotopic (exact) mass is 556 g/mol. The minimum Gasteiger partial charge on any atom is -0.352 e. The van der Waals surface area contributed by atoms with Gasteiger partial charge in [-0.25, -0.2) is 0 Å². The number of anilines is 2. The van der Waals surface area contributed by atoms with Gasteiger partial charge in [-0.1, -0.05) is 42.5 Å². The second-order valence-electron chi connectivity index (χ2n) is 10.8. The SMILES string of the molecule is CC1=C[C@@H]2N(c3ccccc31)[C@H](C(=O)c1ccc([N+](=O)[O-])cc1)[C@@H](C(=O)c1ccncc1)[C@]21C(=O)Nc2ccccc21.